The molecule has 1 aliphatic carbocycles. The monoisotopic (exact) mass is 295 g/mol. The molecule has 2 aromatic carbocycles. The van der Waals surface area contributed by atoms with Crippen LogP contribution in [0.25, 0.3) is 0 Å². The third-order valence-electron chi connectivity index (χ3n) is 4.86. The molecular weight excluding hydrogens is 270 g/mol. The van der Waals surface area contributed by atoms with Crippen molar-refractivity contribution in [2.24, 2.45) is 0 Å². The van der Waals surface area contributed by atoms with Gasteiger partial charge in [-0.15, -0.1) is 0 Å². The van der Waals surface area contributed by atoms with Gasteiger partial charge in [0, 0.05) is 12.1 Å². The van der Waals surface area contributed by atoms with E-state index in [0.29, 0.717) is 6.04 Å². The summed E-state index contributed by atoms with van der Waals surface area (Å²) in [6.07, 6.45) is 1.12. The quantitative estimate of drug-likeness (QED) is 0.883. The molecule has 0 saturated carbocycles. The molecule has 0 bridgehead atoms. The van der Waals surface area contributed by atoms with Crippen LogP contribution in [0.15, 0.2) is 48.5 Å². The van der Waals surface area contributed by atoms with Gasteiger partial charge in [-0.1, -0.05) is 62.4 Å². The zero-order valence-electron chi connectivity index (χ0n) is 13.6. The first-order valence-corrected chi connectivity index (χ1v) is 8.06. The minimum Gasteiger partial charge on any atom is -0.392 e. The highest BCUT2D eigenvalue weighted by molar-refractivity contribution is 5.41. The van der Waals surface area contributed by atoms with Crippen LogP contribution < -0.4 is 5.32 Å². The standard InChI is InChI=1S/C20H25NO/c1-14(16-8-6-7-15(11-16)13-22)21-19-12-20(2,3)18-10-5-4-9-17(18)19/h4-11,14,19,21-22H,12-13H2,1-3H3. The molecule has 2 unspecified atom stereocenters. The number of aliphatic hydroxyl groups is 1. The predicted molar refractivity (Wildman–Crippen MR) is 90.7 cm³/mol. The van der Waals surface area contributed by atoms with Crippen molar-refractivity contribution in [2.75, 3.05) is 0 Å². The van der Waals surface area contributed by atoms with E-state index >= 15 is 0 Å². The van der Waals surface area contributed by atoms with Crippen LogP contribution in [-0.2, 0) is 12.0 Å². The summed E-state index contributed by atoms with van der Waals surface area (Å²) in [6, 6.07) is 17.6. The summed E-state index contributed by atoms with van der Waals surface area (Å²) < 4.78 is 0. The summed E-state index contributed by atoms with van der Waals surface area (Å²) in [5, 5.41) is 13.1. The van der Waals surface area contributed by atoms with Gasteiger partial charge >= 0.3 is 0 Å². The van der Waals surface area contributed by atoms with Crippen LogP contribution in [0.1, 0.15) is 61.5 Å². The number of benzene rings is 2. The molecule has 1 aliphatic rings. The van der Waals surface area contributed by atoms with Crippen LogP contribution in [-0.4, -0.2) is 5.11 Å². The Morgan fingerprint density at radius 2 is 1.95 bits per heavy atom. The molecule has 0 radical (unpaired) electrons. The molecule has 0 aliphatic heterocycles. The topological polar surface area (TPSA) is 32.3 Å². The van der Waals surface area contributed by atoms with Crippen molar-refractivity contribution in [3.63, 3.8) is 0 Å². The Morgan fingerprint density at radius 3 is 2.73 bits per heavy atom. The maximum Gasteiger partial charge on any atom is 0.0681 e. The van der Waals surface area contributed by atoms with Crippen molar-refractivity contribution in [1.82, 2.24) is 5.32 Å². The molecule has 0 heterocycles. The maximum atomic E-state index is 9.31. The largest absolute Gasteiger partial charge is 0.392 e. The summed E-state index contributed by atoms with van der Waals surface area (Å²) in [4.78, 5) is 0. The highest BCUT2D eigenvalue weighted by Crippen LogP contribution is 2.45. The van der Waals surface area contributed by atoms with Gasteiger partial charge in [-0.3, -0.25) is 0 Å². The Hall–Kier alpha value is -1.64. The van der Waals surface area contributed by atoms with E-state index in [2.05, 4.69) is 62.5 Å². The lowest BCUT2D eigenvalue weighted by Crippen LogP contribution is -2.24. The minimum absolute atomic E-state index is 0.0971. The third kappa shape index (κ3) is 2.81. The van der Waals surface area contributed by atoms with E-state index in [9.17, 15) is 5.11 Å². The molecule has 2 N–H and O–H groups in total. The van der Waals surface area contributed by atoms with Crippen molar-refractivity contribution in [3.8, 4) is 0 Å². The average Bonchev–Trinajstić information content (AvgIpc) is 2.79. The normalized spacial score (nSPS) is 20.6. The summed E-state index contributed by atoms with van der Waals surface area (Å²) >= 11 is 0. The van der Waals surface area contributed by atoms with Crippen LogP contribution in [0, 0.1) is 0 Å². The number of rotatable bonds is 4. The molecule has 2 heteroatoms. The first kappa shape index (κ1) is 15.3. The molecule has 3 rings (SSSR count). The molecule has 0 spiro atoms. The average molecular weight is 295 g/mol. The van der Waals surface area contributed by atoms with E-state index in [1.54, 1.807) is 0 Å². The third-order valence-corrected chi connectivity index (χ3v) is 4.86. The molecule has 0 fully saturated rings. The first-order valence-electron chi connectivity index (χ1n) is 8.06. The summed E-state index contributed by atoms with van der Waals surface area (Å²) in [6.45, 7) is 6.94. The van der Waals surface area contributed by atoms with Crippen LogP contribution >= 0.6 is 0 Å². The fourth-order valence-corrected chi connectivity index (χ4v) is 3.65. The summed E-state index contributed by atoms with van der Waals surface area (Å²) in [7, 11) is 0. The minimum atomic E-state index is 0.0971. The van der Waals surface area contributed by atoms with Crippen LogP contribution in [0.5, 0.6) is 0 Å². The van der Waals surface area contributed by atoms with E-state index in [1.807, 2.05) is 12.1 Å². The van der Waals surface area contributed by atoms with Gasteiger partial charge in [0.05, 0.1) is 6.61 Å². The van der Waals surface area contributed by atoms with Crippen LogP contribution in [0.3, 0.4) is 0 Å². The van der Waals surface area contributed by atoms with Gasteiger partial charge in [-0.25, -0.2) is 0 Å². The van der Waals surface area contributed by atoms with Crippen molar-refractivity contribution in [2.45, 2.75) is 51.3 Å². The van der Waals surface area contributed by atoms with Gasteiger partial charge in [0.15, 0.2) is 0 Å². The highest BCUT2D eigenvalue weighted by atomic mass is 16.3. The summed E-state index contributed by atoms with van der Waals surface area (Å²) in [5.41, 5.74) is 5.31. The van der Waals surface area contributed by atoms with Gasteiger partial charge in [-0.05, 0) is 41.0 Å². The van der Waals surface area contributed by atoms with Crippen molar-refractivity contribution in [1.29, 1.82) is 0 Å². The zero-order chi connectivity index (χ0) is 15.7. The Bertz CT molecular complexity index is 662. The van der Waals surface area contributed by atoms with Crippen molar-refractivity contribution in [3.05, 3.63) is 70.8 Å². The Labute approximate surface area is 133 Å². The lowest BCUT2D eigenvalue weighted by molar-refractivity contribution is 0.281. The predicted octanol–water partition coefficient (Wildman–Crippen LogP) is 4.25. The smallest absolute Gasteiger partial charge is 0.0681 e. The molecule has 116 valence electrons. The van der Waals surface area contributed by atoms with E-state index in [-0.39, 0.29) is 18.1 Å². The summed E-state index contributed by atoms with van der Waals surface area (Å²) in [5.74, 6) is 0. The van der Waals surface area contributed by atoms with Crippen LogP contribution in [0.2, 0.25) is 0 Å². The highest BCUT2D eigenvalue weighted by Gasteiger charge is 2.36. The Morgan fingerprint density at radius 1 is 1.18 bits per heavy atom. The van der Waals surface area contributed by atoms with E-state index < -0.39 is 0 Å². The first-order chi connectivity index (χ1) is 10.5. The second kappa shape index (κ2) is 5.86. The number of hydrogen-bond acceptors (Lipinski definition) is 2. The second-order valence-electron chi connectivity index (χ2n) is 7.02. The molecule has 2 atom stereocenters. The fourth-order valence-electron chi connectivity index (χ4n) is 3.65. The molecule has 22 heavy (non-hydrogen) atoms. The van der Waals surface area contributed by atoms with E-state index in [4.69, 9.17) is 0 Å². The Balaban J connectivity index is 1.82. The Kier molecular flexibility index (Phi) is 4.07. The fraction of sp³-hybridized carbons (Fsp3) is 0.400. The van der Waals surface area contributed by atoms with Crippen LogP contribution in [0.4, 0.5) is 0 Å². The molecule has 0 aromatic heterocycles. The second-order valence-corrected chi connectivity index (χ2v) is 7.02. The van der Waals surface area contributed by atoms with Gasteiger partial charge in [0.1, 0.15) is 0 Å². The lowest BCUT2D eigenvalue weighted by atomic mass is 9.86. The lowest BCUT2D eigenvalue weighted by Gasteiger charge is -2.23. The van der Waals surface area contributed by atoms with E-state index in [1.165, 1.54) is 16.7 Å². The number of hydrogen-bond donors (Lipinski definition) is 2. The molecule has 0 saturated heterocycles. The number of fused-ring (bicyclic) bond motifs is 1. The zero-order valence-corrected chi connectivity index (χ0v) is 13.6. The molecule has 2 nitrogen and oxygen atoms in total. The molecular formula is C20H25NO. The molecule has 0 amide bonds. The van der Waals surface area contributed by atoms with Gasteiger partial charge < -0.3 is 10.4 Å². The van der Waals surface area contributed by atoms with E-state index in [0.717, 1.165) is 12.0 Å². The van der Waals surface area contributed by atoms with Gasteiger partial charge in [0.2, 0.25) is 0 Å². The van der Waals surface area contributed by atoms with Crippen molar-refractivity contribution >= 4 is 0 Å². The SMILES string of the molecule is CC(NC1CC(C)(C)c2ccccc21)c1cccc(CO)c1. The van der Waals surface area contributed by atoms with Gasteiger partial charge in [0.25, 0.3) is 0 Å². The van der Waals surface area contributed by atoms with Gasteiger partial charge in [-0.2, -0.15) is 0 Å². The van der Waals surface area contributed by atoms with Crippen molar-refractivity contribution < 1.29 is 5.11 Å². The number of nitrogens with one attached hydrogen (secondary N) is 1. The number of aliphatic hydroxyl groups excluding tert-OH is 1. The molecule has 2 aromatic rings. The maximum absolute atomic E-state index is 9.31.